The number of halogens is 6. The van der Waals surface area contributed by atoms with E-state index in [9.17, 15) is 31.1 Å². The molecule has 2 aliphatic rings. The molecule has 0 atom stereocenters. The Morgan fingerprint density at radius 1 is 0.917 bits per heavy atom. The zero-order valence-electron chi connectivity index (χ0n) is 19.7. The molecule has 2 fully saturated rings. The lowest BCUT2D eigenvalue weighted by Crippen LogP contribution is -2.54. The lowest BCUT2D eigenvalue weighted by atomic mass is 9.74. The van der Waals surface area contributed by atoms with Crippen molar-refractivity contribution in [3.05, 3.63) is 70.8 Å². The molecule has 10 heteroatoms. The number of carbonyl (C=O) groups is 1. The van der Waals surface area contributed by atoms with E-state index in [1.54, 1.807) is 0 Å². The summed E-state index contributed by atoms with van der Waals surface area (Å²) in [7, 11) is 0. The van der Waals surface area contributed by atoms with Gasteiger partial charge in [-0.3, -0.25) is 9.69 Å². The molecule has 0 spiro atoms. The number of alkyl halides is 6. The fourth-order valence-electron chi connectivity index (χ4n) is 5.37. The Balaban J connectivity index is 1.54. The summed E-state index contributed by atoms with van der Waals surface area (Å²) in [6.07, 6.45) is -7.57. The summed E-state index contributed by atoms with van der Waals surface area (Å²) in [5.41, 5.74) is -3.01. The highest BCUT2D eigenvalue weighted by Crippen LogP contribution is 2.40. The van der Waals surface area contributed by atoms with Gasteiger partial charge in [0.2, 0.25) is 5.91 Å². The van der Waals surface area contributed by atoms with Crippen molar-refractivity contribution in [1.82, 2.24) is 15.5 Å². The minimum absolute atomic E-state index is 0.0737. The van der Waals surface area contributed by atoms with Crippen molar-refractivity contribution in [2.75, 3.05) is 26.2 Å². The fourth-order valence-corrected chi connectivity index (χ4v) is 5.37. The van der Waals surface area contributed by atoms with Crippen LogP contribution in [-0.2, 0) is 29.1 Å². The van der Waals surface area contributed by atoms with Crippen LogP contribution in [0.4, 0.5) is 26.3 Å². The highest BCUT2D eigenvalue weighted by Gasteiger charge is 2.40. The molecule has 0 radical (unpaired) electrons. The van der Waals surface area contributed by atoms with Crippen LogP contribution in [0.1, 0.15) is 47.9 Å². The molecule has 0 aromatic heterocycles. The number of carbonyl (C=O) groups excluding carboxylic acids is 1. The van der Waals surface area contributed by atoms with E-state index in [2.05, 4.69) is 15.5 Å². The number of amides is 1. The predicted octanol–water partition coefficient (Wildman–Crippen LogP) is 5.13. The van der Waals surface area contributed by atoms with Crippen LogP contribution >= 0.6 is 0 Å². The molecule has 4 nitrogen and oxygen atoms in total. The minimum atomic E-state index is -4.96. The Bertz CT molecular complexity index is 1010. The van der Waals surface area contributed by atoms with Gasteiger partial charge in [-0.2, -0.15) is 26.3 Å². The van der Waals surface area contributed by atoms with Crippen molar-refractivity contribution < 1.29 is 31.1 Å². The van der Waals surface area contributed by atoms with E-state index in [4.69, 9.17) is 0 Å². The van der Waals surface area contributed by atoms with E-state index >= 15 is 0 Å². The third kappa shape index (κ3) is 6.21. The number of hydrogen-bond donors (Lipinski definition) is 2. The summed E-state index contributed by atoms with van der Waals surface area (Å²) < 4.78 is 79.5. The maximum Gasteiger partial charge on any atom is 0.416 e. The van der Waals surface area contributed by atoms with Crippen molar-refractivity contribution >= 4 is 5.91 Å². The van der Waals surface area contributed by atoms with Crippen LogP contribution in [0.15, 0.2) is 48.5 Å². The Morgan fingerprint density at radius 2 is 1.47 bits per heavy atom. The molecule has 1 heterocycles. The van der Waals surface area contributed by atoms with Crippen molar-refractivity contribution in [1.29, 1.82) is 0 Å². The molecule has 1 amide bonds. The molecular weight excluding hydrogens is 484 g/mol. The lowest BCUT2D eigenvalue weighted by Gasteiger charge is -2.45. The molecule has 0 bridgehead atoms. The Kier molecular flexibility index (Phi) is 7.66. The molecule has 196 valence electrons. The smallest absolute Gasteiger partial charge is 0.346 e. The van der Waals surface area contributed by atoms with Crippen LogP contribution in [0.2, 0.25) is 0 Å². The maximum atomic E-state index is 13.2. The van der Waals surface area contributed by atoms with Crippen molar-refractivity contribution in [3.8, 4) is 0 Å². The molecule has 2 aromatic rings. The summed E-state index contributed by atoms with van der Waals surface area (Å²) in [5.74, 6) is -0.605. The number of nitrogens with one attached hydrogen (secondary N) is 2. The van der Waals surface area contributed by atoms with Crippen LogP contribution < -0.4 is 10.6 Å². The minimum Gasteiger partial charge on any atom is -0.346 e. The average molecular weight is 514 g/mol. The van der Waals surface area contributed by atoms with E-state index in [0.717, 1.165) is 44.6 Å². The third-order valence-electron chi connectivity index (χ3n) is 7.19. The lowest BCUT2D eigenvalue weighted by molar-refractivity contribution is -0.143. The zero-order chi connectivity index (χ0) is 26.0. The highest BCUT2D eigenvalue weighted by atomic mass is 19.4. The topological polar surface area (TPSA) is 44.4 Å². The van der Waals surface area contributed by atoms with Gasteiger partial charge in [-0.1, -0.05) is 30.3 Å². The first-order valence-electron chi connectivity index (χ1n) is 12.1. The molecular formula is C26H29F6N3O. The van der Waals surface area contributed by atoms with Crippen molar-refractivity contribution in [2.45, 2.75) is 56.0 Å². The molecule has 4 rings (SSSR count). The first-order valence-corrected chi connectivity index (χ1v) is 12.1. The molecule has 0 unspecified atom stereocenters. The number of rotatable bonds is 5. The largest absolute Gasteiger partial charge is 0.416 e. The van der Waals surface area contributed by atoms with E-state index in [0.29, 0.717) is 31.0 Å². The van der Waals surface area contributed by atoms with E-state index in [1.807, 2.05) is 30.3 Å². The van der Waals surface area contributed by atoms with E-state index in [1.165, 1.54) is 0 Å². The molecule has 2 aromatic carbocycles. The number of hydrogen-bond acceptors (Lipinski definition) is 3. The summed E-state index contributed by atoms with van der Waals surface area (Å²) in [6, 6.07) is 11.0. The summed E-state index contributed by atoms with van der Waals surface area (Å²) >= 11 is 0. The Hall–Kier alpha value is -2.59. The summed E-state index contributed by atoms with van der Waals surface area (Å²) in [5, 5.41) is 6.34. The average Bonchev–Trinajstić information content (AvgIpc) is 2.84. The van der Waals surface area contributed by atoms with Gasteiger partial charge in [0.15, 0.2) is 0 Å². The van der Waals surface area contributed by atoms with Crippen LogP contribution in [0.25, 0.3) is 0 Å². The van der Waals surface area contributed by atoms with Gasteiger partial charge in [-0.05, 0) is 55.0 Å². The standard InChI is InChI=1S/C26H29F6N3O/c27-25(28,29)20-14-18(15-21(17-20)26(30,31)32)16-23(36)34-24(19-4-2-1-3-5-19)8-6-22(7-9-24)35-12-10-33-11-13-35/h1-5,14-15,17,22,33H,6-13,16H2,(H,34,36). The molecule has 2 N–H and O–H groups in total. The number of nitrogens with zero attached hydrogens (tertiary/aromatic N) is 1. The second kappa shape index (κ2) is 10.4. The number of piperazine rings is 1. The van der Waals surface area contributed by atoms with Gasteiger partial charge in [-0.15, -0.1) is 0 Å². The van der Waals surface area contributed by atoms with E-state index < -0.39 is 41.3 Å². The van der Waals surface area contributed by atoms with Gasteiger partial charge >= 0.3 is 12.4 Å². The first-order chi connectivity index (χ1) is 17.0. The SMILES string of the molecule is O=C(Cc1cc(C(F)(F)F)cc(C(F)(F)F)c1)NC1(c2ccccc2)CCC(N2CCNCC2)CC1. The molecule has 36 heavy (non-hydrogen) atoms. The zero-order valence-corrected chi connectivity index (χ0v) is 19.7. The third-order valence-corrected chi connectivity index (χ3v) is 7.19. The van der Waals surface area contributed by atoms with Crippen LogP contribution in [0, 0.1) is 0 Å². The number of benzene rings is 2. The first kappa shape index (κ1) is 26.5. The Labute approximate surface area is 206 Å². The van der Waals surface area contributed by atoms with Gasteiger partial charge in [0.25, 0.3) is 0 Å². The molecule has 1 aliphatic heterocycles. The Morgan fingerprint density at radius 3 is 2.00 bits per heavy atom. The van der Waals surface area contributed by atoms with Crippen LogP contribution in [0.5, 0.6) is 0 Å². The van der Waals surface area contributed by atoms with Gasteiger partial charge in [0.05, 0.1) is 23.1 Å². The van der Waals surface area contributed by atoms with Gasteiger partial charge in [0.1, 0.15) is 0 Å². The van der Waals surface area contributed by atoms with E-state index in [-0.39, 0.29) is 11.6 Å². The monoisotopic (exact) mass is 513 g/mol. The summed E-state index contributed by atoms with van der Waals surface area (Å²) in [4.78, 5) is 15.5. The van der Waals surface area contributed by atoms with Crippen LogP contribution in [0.3, 0.4) is 0 Å². The highest BCUT2D eigenvalue weighted by molar-refractivity contribution is 5.79. The van der Waals surface area contributed by atoms with Crippen LogP contribution in [-0.4, -0.2) is 43.0 Å². The second-order valence-corrected chi connectivity index (χ2v) is 9.60. The normalized spacial score (nSPS) is 23.9. The molecule has 1 saturated carbocycles. The van der Waals surface area contributed by atoms with Gasteiger partial charge in [0, 0.05) is 32.2 Å². The summed E-state index contributed by atoms with van der Waals surface area (Å²) in [6.45, 7) is 3.75. The second-order valence-electron chi connectivity index (χ2n) is 9.60. The van der Waals surface area contributed by atoms with Gasteiger partial charge < -0.3 is 10.6 Å². The maximum absolute atomic E-state index is 13.2. The molecule has 1 saturated heterocycles. The van der Waals surface area contributed by atoms with Crippen molar-refractivity contribution in [2.24, 2.45) is 0 Å². The van der Waals surface area contributed by atoms with Crippen molar-refractivity contribution in [3.63, 3.8) is 0 Å². The molecule has 1 aliphatic carbocycles. The van der Waals surface area contributed by atoms with Gasteiger partial charge in [-0.25, -0.2) is 0 Å². The quantitative estimate of drug-likeness (QED) is 0.546. The fraction of sp³-hybridized carbons (Fsp3) is 0.500. The predicted molar refractivity (Wildman–Crippen MR) is 123 cm³/mol.